The van der Waals surface area contributed by atoms with Gasteiger partial charge in [0.2, 0.25) is 0 Å². The molecule has 0 saturated carbocycles. The summed E-state index contributed by atoms with van der Waals surface area (Å²) < 4.78 is 4.78. The van der Waals surface area contributed by atoms with E-state index in [0.717, 1.165) is 37.6 Å². The Kier molecular flexibility index (Phi) is 4.04. The molecule has 1 aromatic carbocycles. The van der Waals surface area contributed by atoms with Gasteiger partial charge in [0.15, 0.2) is 0 Å². The van der Waals surface area contributed by atoms with Crippen LogP contribution >= 0.6 is 0 Å². The van der Waals surface area contributed by atoms with Crippen LogP contribution in [0.25, 0.3) is 0 Å². The SMILES string of the molecule is CNc1cc(C(=O)OC)cc(N2CCNCC2)c1. The average Bonchev–Trinajstić information content (AvgIpc) is 2.46. The summed E-state index contributed by atoms with van der Waals surface area (Å²) in [6.07, 6.45) is 0. The first kappa shape index (κ1) is 12.7. The normalized spacial score (nSPS) is 15.3. The lowest BCUT2D eigenvalue weighted by Gasteiger charge is -2.30. The number of carbonyl (C=O) groups is 1. The third-order valence-electron chi connectivity index (χ3n) is 3.11. The maximum atomic E-state index is 11.6. The molecule has 1 aromatic rings. The first-order valence-corrected chi connectivity index (χ1v) is 6.11. The standard InChI is InChI=1S/C13H19N3O2/c1-14-11-7-10(13(17)18-2)8-12(9-11)16-5-3-15-4-6-16/h7-9,14-15H,3-6H2,1-2H3. The van der Waals surface area contributed by atoms with Crippen LogP contribution in [-0.4, -0.2) is 46.3 Å². The maximum Gasteiger partial charge on any atom is 0.337 e. The topological polar surface area (TPSA) is 53.6 Å². The van der Waals surface area contributed by atoms with Crippen molar-refractivity contribution in [1.29, 1.82) is 0 Å². The van der Waals surface area contributed by atoms with Crippen LogP contribution in [0.15, 0.2) is 18.2 Å². The predicted molar refractivity (Wildman–Crippen MR) is 72.4 cm³/mol. The zero-order valence-corrected chi connectivity index (χ0v) is 10.8. The molecule has 2 rings (SSSR count). The first-order chi connectivity index (χ1) is 8.74. The van der Waals surface area contributed by atoms with Gasteiger partial charge in [0.25, 0.3) is 0 Å². The maximum absolute atomic E-state index is 11.6. The van der Waals surface area contributed by atoms with Gasteiger partial charge in [0.05, 0.1) is 12.7 Å². The summed E-state index contributed by atoms with van der Waals surface area (Å²) in [5, 5.41) is 6.39. The minimum atomic E-state index is -0.302. The lowest BCUT2D eigenvalue weighted by atomic mass is 10.1. The van der Waals surface area contributed by atoms with Crippen molar-refractivity contribution in [2.24, 2.45) is 0 Å². The smallest absolute Gasteiger partial charge is 0.337 e. The minimum absolute atomic E-state index is 0.302. The van der Waals surface area contributed by atoms with Gasteiger partial charge >= 0.3 is 5.97 Å². The number of carbonyl (C=O) groups excluding carboxylic acids is 1. The van der Waals surface area contributed by atoms with Crippen molar-refractivity contribution in [3.05, 3.63) is 23.8 Å². The zero-order valence-electron chi connectivity index (χ0n) is 10.8. The Balaban J connectivity index is 2.30. The van der Waals surface area contributed by atoms with Gasteiger partial charge in [-0.05, 0) is 18.2 Å². The molecule has 0 unspecified atom stereocenters. The number of methoxy groups -OCH3 is 1. The number of nitrogens with one attached hydrogen (secondary N) is 2. The van der Waals surface area contributed by atoms with E-state index in [9.17, 15) is 4.79 Å². The molecule has 2 N–H and O–H groups in total. The molecule has 0 aliphatic carbocycles. The highest BCUT2D eigenvalue weighted by atomic mass is 16.5. The van der Waals surface area contributed by atoms with E-state index in [1.165, 1.54) is 7.11 Å². The molecule has 5 heteroatoms. The molecule has 98 valence electrons. The van der Waals surface area contributed by atoms with Gasteiger partial charge in [-0.2, -0.15) is 0 Å². The van der Waals surface area contributed by atoms with E-state index in [2.05, 4.69) is 21.6 Å². The van der Waals surface area contributed by atoms with E-state index in [-0.39, 0.29) is 5.97 Å². The molecular weight excluding hydrogens is 230 g/mol. The Hall–Kier alpha value is -1.75. The number of esters is 1. The second-order valence-electron chi connectivity index (χ2n) is 4.25. The molecule has 0 spiro atoms. The highest BCUT2D eigenvalue weighted by Crippen LogP contribution is 2.23. The quantitative estimate of drug-likeness (QED) is 0.780. The highest BCUT2D eigenvalue weighted by molar-refractivity contribution is 5.92. The number of piperazine rings is 1. The molecule has 0 radical (unpaired) electrons. The van der Waals surface area contributed by atoms with Crippen molar-refractivity contribution in [3.63, 3.8) is 0 Å². The van der Waals surface area contributed by atoms with Crippen LogP contribution in [0.1, 0.15) is 10.4 Å². The van der Waals surface area contributed by atoms with E-state index in [1.807, 2.05) is 13.1 Å². The number of rotatable bonds is 3. The number of hydrogen-bond acceptors (Lipinski definition) is 5. The molecule has 1 aliphatic heterocycles. The lowest BCUT2D eigenvalue weighted by molar-refractivity contribution is 0.0601. The molecule has 0 atom stereocenters. The number of hydrogen-bond donors (Lipinski definition) is 2. The fourth-order valence-electron chi connectivity index (χ4n) is 2.10. The van der Waals surface area contributed by atoms with Crippen LogP contribution in [-0.2, 0) is 4.74 Å². The molecule has 0 aromatic heterocycles. The number of ether oxygens (including phenoxy) is 1. The Bertz CT molecular complexity index is 428. The largest absolute Gasteiger partial charge is 0.465 e. The Morgan fingerprint density at radius 2 is 2.06 bits per heavy atom. The van der Waals surface area contributed by atoms with Crippen LogP contribution in [0.4, 0.5) is 11.4 Å². The van der Waals surface area contributed by atoms with E-state index in [4.69, 9.17) is 4.74 Å². The van der Waals surface area contributed by atoms with Crippen LogP contribution in [0, 0.1) is 0 Å². The summed E-state index contributed by atoms with van der Waals surface area (Å²) in [6, 6.07) is 5.74. The van der Waals surface area contributed by atoms with Crippen molar-refractivity contribution in [2.45, 2.75) is 0 Å². The van der Waals surface area contributed by atoms with Crippen molar-refractivity contribution in [3.8, 4) is 0 Å². The van der Waals surface area contributed by atoms with E-state index >= 15 is 0 Å². The molecular formula is C13H19N3O2. The van der Waals surface area contributed by atoms with Crippen molar-refractivity contribution in [1.82, 2.24) is 5.32 Å². The second kappa shape index (κ2) is 5.73. The summed E-state index contributed by atoms with van der Waals surface area (Å²) in [5.74, 6) is -0.302. The zero-order chi connectivity index (χ0) is 13.0. The van der Waals surface area contributed by atoms with Crippen LogP contribution in [0.3, 0.4) is 0 Å². The van der Waals surface area contributed by atoms with Gasteiger partial charge in [-0.3, -0.25) is 0 Å². The van der Waals surface area contributed by atoms with Gasteiger partial charge in [0, 0.05) is 44.6 Å². The number of anilines is 2. The summed E-state index contributed by atoms with van der Waals surface area (Å²) in [7, 11) is 3.25. The Labute approximate surface area is 107 Å². The van der Waals surface area contributed by atoms with E-state index in [1.54, 1.807) is 6.07 Å². The molecule has 1 heterocycles. The number of nitrogens with zero attached hydrogens (tertiary/aromatic N) is 1. The van der Waals surface area contributed by atoms with Crippen molar-refractivity contribution in [2.75, 3.05) is 50.6 Å². The molecule has 5 nitrogen and oxygen atoms in total. The lowest BCUT2D eigenvalue weighted by Crippen LogP contribution is -2.43. The molecule has 18 heavy (non-hydrogen) atoms. The van der Waals surface area contributed by atoms with Gasteiger partial charge in [-0.15, -0.1) is 0 Å². The van der Waals surface area contributed by atoms with E-state index < -0.39 is 0 Å². The summed E-state index contributed by atoms with van der Waals surface area (Å²) in [5.41, 5.74) is 2.56. The Morgan fingerprint density at radius 1 is 1.33 bits per heavy atom. The van der Waals surface area contributed by atoms with Crippen LogP contribution < -0.4 is 15.5 Å². The molecule has 0 amide bonds. The fourth-order valence-corrected chi connectivity index (χ4v) is 2.10. The molecule has 1 fully saturated rings. The van der Waals surface area contributed by atoms with Gasteiger partial charge in [-0.1, -0.05) is 0 Å². The minimum Gasteiger partial charge on any atom is -0.465 e. The summed E-state index contributed by atoms with van der Waals surface area (Å²) in [4.78, 5) is 13.9. The van der Waals surface area contributed by atoms with Crippen molar-refractivity contribution >= 4 is 17.3 Å². The highest BCUT2D eigenvalue weighted by Gasteiger charge is 2.14. The van der Waals surface area contributed by atoms with Gasteiger partial charge < -0.3 is 20.3 Å². The van der Waals surface area contributed by atoms with Crippen LogP contribution in [0.5, 0.6) is 0 Å². The van der Waals surface area contributed by atoms with Gasteiger partial charge in [-0.25, -0.2) is 4.79 Å². The van der Waals surface area contributed by atoms with Crippen LogP contribution in [0.2, 0.25) is 0 Å². The summed E-state index contributed by atoms with van der Waals surface area (Å²) in [6.45, 7) is 3.84. The summed E-state index contributed by atoms with van der Waals surface area (Å²) >= 11 is 0. The Morgan fingerprint density at radius 3 is 2.67 bits per heavy atom. The average molecular weight is 249 g/mol. The van der Waals surface area contributed by atoms with E-state index in [0.29, 0.717) is 5.56 Å². The third-order valence-corrected chi connectivity index (χ3v) is 3.11. The number of benzene rings is 1. The van der Waals surface area contributed by atoms with Gasteiger partial charge in [0.1, 0.15) is 0 Å². The third kappa shape index (κ3) is 2.73. The molecule has 0 bridgehead atoms. The molecule has 1 saturated heterocycles. The monoisotopic (exact) mass is 249 g/mol. The first-order valence-electron chi connectivity index (χ1n) is 6.11. The second-order valence-corrected chi connectivity index (χ2v) is 4.25. The predicted octanol–water partition coefficient (Wildman–Crippen LogP) is 0.924. The fraction of sp³-hybridized carbons (Fsp3) is 0.462. The molecule has 1 aliphatic rings. The van der Waals surface area contributed by atoms with Crippen molar-refractivity contribution < 1.29 is 9.53 Å².